The van der Waals surface area contributed by atoms with E-state index >= 15 is 0 Å². The molecule has 0 aromatic carbocycles. The summed E-state index contributed by atoms with van der Waals surface area (Å²) in [6.07, 6.45) is 3.83. The fourth-order valence-corrected chi connectivity index (χ4v) is 3.74. The summed E-state index contributed by atoms with van der Waals surface area (Å²) in [5.41, 5.74) is 0. The van der Waals surface area contributed by atoms with Gasteiger partial charge in [-0.05, 0) is 44.7 Å². The van der Waals surface area contributed by atoms with Crippen molar-refractivity contribution >= 4 is 5.91 Å². The van der Waals surface area contributed by atoms with E-state index in [2.05, 4.69) is 5.32 Å². The third-order valence-electron chi connectivity index (χ3n) is 4.82. The quantitative estimate of drug-likeness (QED) is 0.687. The highest BCUT2D eigenvalue weighted by Crippen LogP contribution is 2.38. The number of nitrogens with zero attached hydrogens (tertiary/aromatic N) is 1. The summed E-state index contributed by atoms with van der Waals surface area (Å²) in [5, 5.41) is 13.2. The van der Waals surface area contributed by atoms with Crippen LogP contribution in [0.2, 0.25) is 0 Å². The molecule has 2 saturated heterocycles. The van der Waals surface area contributed by atoms with E-state index < -0.39 is 0 Å². The van der Waals surface area contributed by atoms with Gasteiger partial charge in [0.1, 0.15) is 0 Å². The fraction of sp³-hybridized carbons (Fsp3) is 0.923. The smallest absolute Gasteiger partial charge is 0.225 e. The number of fused-ring (bicyclic) bond motifs is 1. The minimum Gasteiger partial charge on any atom is -0.393 e. The van der Waals surface area contributed by atoms with Crippen molar-refractivity contribution in [3.8, 4) is 0 Å². The number of nitrogens with one attached hydrogen (secondary N) is 1. The number of rotatable bonds is 1. The average Bonchev–Trinajstić information content (AvgIpc) is 2.92. The van der Waals surface area contributed by atoms with Crippen molar-refractivity contribution in [2.45, 2.75) is 31.8 Å². The molecule has 0 radical (unpaired) electrons. The highest BCUT2D eigenvalue weighted by Gasteiger charge is 2.44. The zero-order valence-electron chi connectivity index (χ0n) is 10.3. The van der Waals surface area contributed by atoms with E-state index in [9.17, 15) is 9.90 Å². The van der Waals surface area contributed by atoms with Gasteiger partial charge in [0.05, 0.1) is 6.10 Å². The molecule has 4 nitrogen and oxygen atoms in total. The molecule has 3 rings (SSSR count). The van der Waals surface area contributed by atoms with Gasteiger partial charge in [-0.3, -0.25) is 4.79 Å². The van der Waals surface area contributed by atoms with Gasteiger partial charge in [0.2, 0.25) is 5.91 Å². The van der Waals surface area contributed by atoms with Crippen molar-refractivity contribution < 1.29 is 9.90 Å². The zero-order valence-corrected chi connectivity index (χ0v) is 10.3. The Balaban J connectivity index is 1.60. The minimum atomic E-state index is -0.161. The standard InChI is InChI=1S/C13H22N2O2/c16-12-2-1-10-7-15(8-11(10)12)13(17)9-3-5-14-6-4-9/h9-12,14,16H,1-8H2. The third-order valence-corrected chi connectivity index (χ3v) is 4.82. The number of hydrogen-bond acceptors (Lipinski definition) is 3. The highest BCUT2D eigenvalue weighted by atomic mass is 16.3. The molecular weight excluding hydrogens is 216 g/mol. The predicted octanol–water partition coefficient (Wildman–Crippen LogP) is 0.215. The largest absolute Gasteiger partial charge is 0.393 e. The minimum absolute atomic E-state index is 0.161. The SMILES string of the molecule is O=C(C1CCNCC1)N1CC2CCC(O)C2C1. The van der Waals surface area contributed by atoms with Gasteiger partial charge in [-0.2, -0.15) is 0 Å². The summed E-state index contributed by atoms with van der Waals surface area (Å²) in [7, 11) is 0. The maximum atomic E-state index is 12.4. The molecule has 3 fully saturated rings. The average molecular weight is 238 g/mol. The summed E-state index contributed by atoms with van der Waals surface area (Å²) in [6.45, 7) is 3.64. The first-order valence-electron chi connectivity index (χ1n) is 6.93. The van der Waals surface area contributed by atoms with Crippen LogP contribution in [0.5, 0.6) is 0 Å². The lowest BCUT2D eigenvalue weighted by Gasteiger charge is -2.27. The monoisotopic (exact) mass is 238 g/mol. The molecule has 1 amide bonds. The highest BCUT2D eigenvalue weighted by molar-refractivity contribution is 5.79. The van der Waals surface area contributed by atoms with Crippen molar-refractivity contribution in [3.05, 3.63) is 0 Å². The van der Waals surface area contributed by atoms with Gasteiger partial charge >= 0.3 is 0 Å². The Bertz CT molecular complexity index is 302. The van der Waals surface area contributed by atoms with Crippen LogP contribution in [0.25, 0.3) is 0 Å². The number of piperidine rings is 1. The fourth-order valence-electron chi connectivity index (χ4n) is 3.74. The maximum absolute atomic E-state index is 12.4. The van der Waals surface area contributed by atoms with E-state index in [0.717, 1.165) is 51.9 Å². The summed E-state index contributed by atoms with van der Waals surface area (Å²) < 4.78 is 0. The molecular formula is C13H22N2O2. The second-order valence-corrected chi connectivity index (χ2v) is 5.84. The number of aliphatic hydroxyl groups excluding tert-OH is 1. The van der Waals surface area contributed by atoms with Crippen LogP contribution in [0.1, 0.15) is 25.7 Å². The maximum Gasteiger partial charge on any atom is 0.225 e. The molecule has 0 spiro atoms. The summed E-state index contributed by atoms with van der Waals surface area (Å²) >= 11 is 0. The van der Waals surface area contributed by atoms with Gasteiger partial charge < -0.3 is 15.3 Å². The second-order valence-electron chi connectivity index (χ2n) is 5.84. The molecule has 3 atom stereocenters. The summed E-state index contributed by atoms with van der Waals surface area (Å²) in [4.78, 5) is 14.4. The topological polar surface area (TPSA) is 52.6 Å². The Labute approximate surface area is 102 Å². The number of carbonyl (C=O) groups excluding carboxylic acids is 1. The molecule has 2 aliphatic heterocycles. The van der Waals surface area contributed by atoms with Gasteiger partial charge in [0, 0.05) is 24.9 Å². The molecule has 96 valence electrons. The molecule has 1 saturated carbocycles. The van der Waals surface area contributed by atoms with E-state index in [4.69, 9.17) is 0 Å². The number of carbonyl (C=O) groups is 1. The van der Waals surface area contributed by atoms with Crippen LogP contribution in [-0.2, 0) is 4.79 Å². The lowest BCUT2D eigenvalue weighted by Crippen LogP contribution is -2.40. The van der Waals surface area contributed by atoms with E-state index in [1.807, 2.05) is 4.90 Å². The van der Waals surface area contributed by atoms with Crippen LogP contribution in [0, 0.1) is 17.8 Å². The first-order valence-corrected chi connectivity index (χ1v) is 6.93. The van der Waals surface area contributed by atoms with Crippen LogP contribution >= 0.6 is 0 Å². The van der Waals surface area contributed by atoms with E-state index in [1.165, 1.54) is 0 Å². The molecule has 3 aliphatic rings. The van der Waals surface area contributed by atoms with E-state index in [-0.39, 0.29) is 12.0 Å². The Hall–Kier alpha value is -0.610. The molecule has 3 unspecified atom stereocenters. The molecule has 2 heterocycles. The van der Waals surface area contributed by atoms with Gasteiger partial charge in [0.15, 0.2) is 0 Å². The van der Waals surface area contributed by atoms with Crippen LogP contribution in [-0.4, -0.2) is 48.2 Å². The second kappa shape index (κ2) is 4.58. The number of aliphatic hydroxyl groups is 1. The van der Waals surface area contributed by atoms with Crippen molar-refractivity contribution in [2.24, 2.45) is 17.8 Å². The summed E-state index contributed by atoms with van der Waals surface area (Å²) in [6, 6.07) is 0. The number of hydrogen-bond donors (Lipinski definition) is 2. The molecule has 4 heteroatoms. The molecule has 1 aliphatic carbocycles. The lowest BCUT2D eigenvalue weighted by atomic mass is 9.96. The Morgan fingerprint density at radius 2 is 1.88 bits per heavy atom. The van der Waals surface area contributed by atoms with Crippen molar-refractivity contribution in [1.29, 1.82) is 0 Å². The molecule has 0 bridgehead atoms. The third kappa shape index (κ3) is 2.08. The van der Waals surface area contributed by atoms with E-state index in [1.54, 1.807) is 0 Å². The molecule has 0 aromatic rings. The van der Waals surface area contributed by atoms with Crippen molar-refractivity contribution in [2.75, 3.05) is 26.2 Å². The van der Waals surface area contributed by atoms with Gasteiger partial charge in [-0.1, -0.05) is 0 Å². The van der Waals surface area contributed by atoms with Crippen LogP contribution in [0.15, 0.2) is 0 Å². The van der Waals surface area contributed by atoms with Crippen LogP contribution in [0.3, 0.4) is 0 Å². The lowest BCUT2D eigenvalue weighted by molar-refractivity contribution is -0.135. The van der Waals surface area contributed by atoms with Gasteiger partial charge in [-0.25, -0.2) is 0 Å². The van der Waals surface area contributed by atoms with Crippen LogP contribution < -0.4 is 5.32 Å². The predicted molar refractivity (Wildman–Crippen MR) is 64.4 cm³/mol. The van der Waals surface area contributed by atoms with Crippen LogP contribution in [0.4, 0.5) is 0 Å². The normalized spacial score (nSPS) is 38.4. The van der Waals surface area contributed by atoms with Crippen molar-refractivity contribution in [3.63, 3.8) is 0 Å². The number of likely N-dealkylation sites (tertiary alicyclic amines) is 1. The van der Waals surface area contributed by atoms with Gasteiger partial charge in [-0.15, -0.1) is 0 Å². The summed E-state index contributed by atoms with van der Waals surface area (Å²) in [5.74, 6) is 1.50. The Morgan fingerprint density at radius 1 is 1.12 bits per heavy atom. The Morgan fingerprint density at radius 3 is 2.59 bits per heavy atom. The van der Waals surface area contributed by atoms with E-state index in [0.29, 0.717) is 17.7 Å². The first-order chi connectivity index (χ1) is 8.25. The first kappa shape index (κ1) is 11.5. The number of amides is 1. The Kier molecular flexibility index (Phi) is 3.09. The zero-order chi connectivity index (χ0) is 11.8. The molecule has 0 aromatic heterocycles. The van der Waals surface area contributed by atoms with Crippen molar-refractivity contribution in [1.82, 2.24) is 10.2 Å². The molecule has 17 heavy (non-hydrogen) atoms. The van der Waals surface area contributed by atoms with Gasteiger partial charge in [0.25, 0.3) is 0 Å². The molecule has 2 N–H and O–H groups in total.